The predicted molar refractivity (Wildman–Crippen MR) is 94.5 cm³/mol. The third kappa shape index (κ3) is 6.11. The molecule has 3 N–H and O–H groups in total. The summed E-state index contributed by atoms with van der Waals surface area (Å²) in [5.41, 5.74) is 7.98. The van der Waals surface area contributed by atoms with E-state index in [1.165, 1.54) is 19.3 Å². The summed E-state index contributed by atoms with van der Waals surface area (Å²) in [6, 6.07) is 3.96. The fourth-order valence-corrected chi connectivity index (χ4v) is 2.96. The van der Waals surface area contributed by atoms with Gasteiger partial charge in [-0.25, -0.2) is 0 Å². The molecule has 1 amide bonds. The lowest BCUT2D eigenvalue weighted by Gasteiger charge is -2.35. The van der Waals surface area contributed by atoms with Crippen LogP contribution in [-0.2, 0) is 11.3 Å². The second kappa shape index (κ2) is 10.0. The molecule has 4 nitrogen and oxygen atoms in total. The van der Waals surface area contributed by atoms with Crippen LogP contribution in [0.25, 0.3) is 0 Å². The molecule has 0 aliphatic heterocycles. The molecular formula is C16H27Cl2N3O. The lowest BCUT2D eigenvalue weighted by atomic mass is 9.71. The number of nitrogens with two attached hydrogens (primary N) is 1. The summed E-state index contributed by atoms with van der Waals surface area (Å²) in [6.45, 7) is 3.12. The zero-order chi connectivity index (χ0) is 14.4. The molecule has 0 aromatic carbocycles. The van der Waals surface area contributed by atoms with Crippen LogP contribution in [0.15, 0.2) is 18.3 Å². The second-order valence-corrected chi connectivity index (χ2v) is 6.03. The van der Waals surface area contributed by atoms with Gasteiger partial charge in [0, 0.05) is 24.9 Å². The Bertz CT molecular complexity index is 445. The zero-order valence-corrected chi connectivity index (χ0v) is 14.8. The van der Waals surface area contributed by atoms with Crippen molar-refractivity contribution >= 4 is 30.7 Å². The SMILES string of the molecule is Cc1ccc(CNC(=O)CC2(CN)CCCCC2)cn1.Cl.Cl. The first-order valence-corrected chi connectivity index (χ1v) is 7.52. The number of carbonyl (C=O) groups excluding carboxylic acids is 1. The molecule has 0 saturated heterocycles. The van der Waals surface area contributed by atoms with E-state index >= 15 is 0 Å². The van der Waals surface area contributed by atoms with E-state index in [1.807, 2.05) is 25.3 Å². The van der Waals surface area contributed by atoms with E-state index in [9.17, 15) is 4.79 Å². The van der Waals surface area contributed by atoms with E-state index in [-0.39, 0.29) is 36.1 Å². The smallest absolute Gasteiger partial charge is 0.220 e. The van der Waals surface area contributed by atoms with Crippen molar-refractivity contribution < 1.29 is 4.79 Å². The molecule has 0 radical (unpaired) electrons. The highest BCUT2D eigenvalue weighted by Gasteiger charge is 2.32. The first-order valence-electron chi connectivity index (χ1n) is 7.52. The summed E-state index contributed by atoms with van der Waals surface area (Å²) in [6.07, 6.45) is 8.22. The summed E-state index contributed by atoms with van der Waals surface area (Å²) in [7, 11) is 0. The number of nitrogens with zero attached hydrogens (tertiary/aromatic N) is 1. The van der Waals surface area contributed by atoms with Crippen LogP contribution in [0.2, 0.25) is 0 Å². The van der Waals surface area contributed by atoms with E-state index in [1.54, 1.807) is 0 Å². The fraction of sp³-hybridized carbons (Fsp3) is 0.625. The fourth-order valence-electron chi connectivity index (χ4n) is 2.96. The Labute approximate surface area is 145 Å². The summed E-state index contributed by atoms with van der Waals surface area (Å²) in [4.78, 5) is 16.4. The molecule has 1 fully saturated rings. The number of hydrogen-bond acceptors (Lipinski definition) is 3. The van der Waals surface area contributed by atoms with Crippen molar-refractivity contribution in [1.29, 1.82) is 0 Å². The summed E-state index contributed by atoms with van der Waals surface area (Å²) in [5.74, 6) is 0.109. The Morgan fingerprint density at radius 3 is 2.50 bits per heavy atom. The Morgan fingerprint density at radius 1 is 1.27 bits per heavy atom. The number of pyridine rings is 1. The van der Waals surface area contributed by atoms with Crippen LogP contribution >= 0.6 is 24.8 Å². The zero-order valence-electron chi connectivity index (χ0n) is 13.1. The minimum Gasteiger partial charge on any atom is -0.352 e. The minimum atomic E-state index is 0. The summed E-state index contributed by atoms with van der Waals surface area (Å²) >= 11 is 0. The Morgan fingerprint density at radius 2 is 1.95 bits per heavy atom. The molecule has 1 aromatic heterocycles. The third-order valence-electron chi connectivity index (χ3n) is 4.35. The number of amides is 1. The van der Waals surface area contributed by atoms with Crippen LogP contribution in [-0.4, -0.2) is 17.4 Å². The minimum absolute atomic E-state index is 0. The molecule has 0 bridgehead atoms. The summed E-state index contributed by atoms with van der Waals surface area (Å²) < 4.78 is 0. The molecule has 1 aliphatic carbocycles. The highest BCUT2D eigenvalue weighted by atomic mass is 35.5. The summed E-state index contributed by atoms with van der Waals surface area (Å²) in [5, 5.41) is 2.99. The van der Waals surface area contributed by atoms with Crippen molar-refractivity contribution in [3.63, 3.8) is 0 Å². The molecule has 1 aliphatic rings. The van der Waals surface area contributed by atoms with E-state index < -0.39 is 0 Å². The number of aryl methyl sites for hydroxylation is 1. The first kappa shape index (κ1) is 21.2. The number of carbonyl (C=O) groups is 1. The molecule has 1 heterocycles. The maximum Gasteiger partial charge on any atom is 0.220 e. The molecule has 22 heavy (non-hydrogen) atoms. The second-order valence-electron chi connectivity index (χ2n) is 6.03. The third-order valence-corrected chi connectivity index (χ3v) is 4.35. The van der Waals surface area contributed by atoms with Crippen molar-refractivity contribution in [3.05, 3.63) is 29.6 Å². The highest BCUT2D eigenvalue weighted by molar-refractivity contribution is 5.85. The quantitative estimate of drug-likeness (QED) is 0.859. The molecule has 0 spiro atoms. The predicted octanol–water partition coefficient (Wildman–Crippen LogP) is 3.15. The largest absolute Gasteiger partial charge is 0.352 e. The highest BCUT2D eigenvalue weighted by Crippen LogP contribution is 2.38. The van der Waals surface area contributed by atoms with Gasteiger partial charge in [-0.2, -0.15) is 0 Å². The van der Waals surface area contributed by atoms with Crippen molar-refractivity contribution in [3.8, 4) is 0 Å². The standard InChI is InChI=1S/C16H25N3O.2ClH/c1-13-5-6-14(10-18-13)11-19-15(20)9-16(12-17)7-3-2-4-8-16;;/h5-6,10H,2-4,7-9,11-12,17H2,1H3,(H,19,20);2*1H. The maximum atomic E-state index is 12.1. The number of halogens is 2. The molecule has 0 atom stereocenters. The van der Waals surface area contributed by atoms with Crippen LogP contribution in [0.3, 0.4) is 0 Å². The van der Waals surface area contributed by atoms with Crippen LogP contribution in [0.5, 0.6) is 0 Å². The molecular weight excluding hydrogens is 321 g/mol. The molecule has 1 aromatic rings. The van der Waals surface area contributed by atoms with Gasteiger partial charge in [0.2, 0.25) is 5.91 Å². The van der Waals surface area contributed by atoms with Gasteiger partial charge in [-0.1, -0.05) is 25.3 Å². The van der Waals surface area contributed by atoms with Crippen molar-refractivity contribution in [1.82, 2.24) is 10.3 Å². The first-order chi connectivity index (χ1) is 9.63. The van der Waals surface area contributed by atoms with Gasteiger partial charge in [-0.3, -0.25) is 9.78 Å². The lowest BCUT2D eigenvalue weighted by Crippen LogP contribution is -2.38. The number of rotatable bonds is 5. The molecule has 2 rings (SSSR count). The van der Waals surface area contributed by atoms with Gasteiger partial charge in [0.1, 0.15) is 0 Å². The Kier molecular flexibility index (Phi) is 9.65. The average Bonchev–Trinajstić information content (AvgIpc) is 2.47. The van der Waals surface area contributed by atoms with Gasteiger partial charge < -0.3 is 11.1 Å². The number of nitrogens with one attached hydrogen (secondary N) is 1. The van der Waals surface area contributed by atoms with E-state index in [0.29, 0.717) is 19.5 Å². The van der Waals surface area contributed by atoms with E-state index in [4.69, 9.17) is 5.73 Å². The maximum absolute atomic E-state index is 12.1. The molecule has 1 saturated carbocycles. The van der Waals surface area contributed by atoms with E-state index in [2.05, 4.69) is 10.3 Å². The van der Waals surface area contributed by atoms with Crippen molar-refractivity contribution in [2.75, 3.05) is 6.54 Å². The topological polar surface area (TPSA) is 68.0 Å². The van der Waals surface area contributed by atoms with Gasteiger partial charge in [-0.15, -0.1) is 24.8 Å². The average molecular weight is 348 g/mol. The van der Waals surface area contributed by atoms with E-state index in [0.717, 1.165) is 24.1 Å². The molecule has 6 heteroatoms. The van der Waals surface area contributed by atoms with Crippen LogP contribution < -0.4 is 11.1 Å². The van der Waals surface area contributed by atoms with Crippen molar-refractivity contribution in [2.24, 2.45) is 11.1 Å². The van der Waals surface area contributed by atoms with Gasteiger partial charge in [-0.05, 0) is 43.4 Å². The normalized spacial score (nSPS) is 16.1. The lowest BCUT2D eigenvalue weighted by molar-refractivity contribution is -0.124. The van der Waals surface area contributed by atoms with Crippen LogP contribution in [0.1, 0.15) is 49.8 Å². The van der Waals surface area contributed by atoms with Gasteiger partial charge in [0.15, 0.2) is 0 Å². The molecule has 0 unspecified atom stereocenters. The van der Waals surface area contributed by atoms with Gasteiger partial charge in [0.05, 0.1) is 0 Å². The van der Waals surface area contributed by atoms with Crippen LogP contribution in [0, 0.1) is 12.3 Å². The Hall–Kier alpha value is -0.840. The molecule has 126 valence electrons. The number of hydrogen-bond donors (Lipinski definition) is 2. The monoisotopic (exact) mass is 347 g/mol. The van der Waals surface area contributed by atoms with Gasteiger partial charge >= 0.3 is 0 Å². The van der Waals surface area contributed by atoms with Crippen molar-refractivity contribution in [2.45, 2.75) is 52.0 Å². The number of aromatic nitrogens is 1. The van der Waals surface area contributed by atoms with Crippen LogP contribution in [0.4, 0.5) is 0 Å². The van der Waals surface area contributed by atoms with Gasteiger partial charge in [0.25, 0.3) is 0 Å². The Balaban J connectivity index is 0.00000220.